The molecule has 0 aliphatic rings. The number of halogens is 1. The van der Waals surface area contributed by atoms with Gasteiger partial charge in [-0.3, -0.25) is 0 Å². The Morgan fingerprint density at radius 1 is 0.947 bits per heavy atom. The summed E-state index contributed by atoms with van der Waals surface area (Å²) in [6, 6.07) is 0.311. The highest BCUT2D eigenvalue weighted by atomic mass is 35.7. The molecule has 0 saturated carbocycles. The lowest BCUT2D eigenvalue weighted by Crippen LogP contribution is -2.68. The lowest BCUT2D eigenvalue weighted by atomic mass is 10.1. The molecular formula is C12H28ClNO5. The van der Waals surface area contributed by atoms with E-state index in [1.54, 1.807) is 0 Å². The van der Waals surface area contributed by atoms with E-state index >= 15 is 0 Å². The topological polar surface area (TPSA) is 112 Å². The number of rotatable bonds is 8. The first kappa shape index (κ1) is 21.4. The molecule has 0 aromatic rings. The van der Waals surface area contributed by atoms with Crippen LogP contribution in [0, 0.1) is 10.2 Å². The first-order valence-corrected chi connectivity index (χ1v) is 7.94. The highest BCUT2D eigenvalue weighted by Gasteiger charge is 2.22. The van der Waals surface area contributed by atoms with E-state index in [1.165, 1.54) is 32.1 Å². The normalized spacial score (nSPS) is 14.8. The number of hydrogen-bond acceptors (Lipinski definition) is 5. The van der Waals surface area contributed by atoms with Crippen molar-refractivity contribution in [3.05, 3.63) is 0 Å². The molecule has 0 bridgehead atoms. The molecular weight excluding hydrogens is 274 g/mol. The van der Waals surface area contributed by atoms with Crippen LogP contribution in [0.4, 0.5) is 0 Å². The molecule has 0 saturated heterocycles. The van der Waals surface area contributed by atoms with E-state index in [1.807, 2.05) is 7.05 Å². The third-order valence-corrected chi connectivity index (χ3v) is 3.08. The minimum atomic E-state index is -4.94. The maximum Gasteiger partial charge on any atom is 0.113 e. The van der Waals surface area contributed by atoms with Gasteiger partial charge in [0.2, 0.25) is 0 Å². The summed E-state index contributed by atoms with van der Waals surface area (Å²) in [4.78, 5) is 0. The standard InChI is InChI=1S/C12H28NO.ClHO4/c1-5-6-7-8-9-10-11-13(4,14)12(2)3;2-1(3,4)5/h12,14H,5-11H2,1-4H3;(H,2,3,4,5)/q+1;/p-1. The second-order valence-electron chi connectivity index (χ2n) is 5.18. The minimum Gasteiger partial charge on any atom is -0.222 e. The van der Waals surface area contributed by atoms with Gasteiger partial charge in [0.25, 0.3) is 0 Å². The second kappa shape index (κ2) is 10.8. The lowest BCUT2D eigenvalue weighted by molar-refractivity contribution is -2.00. The van der Waals surface area contributed by atoms with Crippen molar-refractivity contribution in [3.8, 4) is 0 Å². The molecule has 0 rings (SSSR count). The molecule has 118 valence electrons. The maximum absolute atomic E-state index is 9.93. The van der Waals surface area contributed by atoms with Gasteiger partial charge in [0.1, 0.15) is 12.6 Å². The van der Waals surface area contributed by atoms with Crippen LogP contribution in [-0.4, -0.2) is 29.5 Å². The van der Waals surface area contributed by atoms with Crippen LogP contribution in [0.5, 0.6) is 0 Å². The van der Waals surface area contributed by atoms with E-state index in [4.69, 9.17) is 18.6 Å². The van der Waals surface area contributed by atoms with Gasteiger partial charge in [-0.05, 0) is 26.7 Å². The van der Waals surface area contributed by atoms with Crippen molar-refractivity contribution in [2.24, 2.45) is 0 Å². The average molecular weight is 302 g/mol. The molecule has 1 N–H and O–H groups in total. The summed E-state index contributed by atoms with van der Waals surface area (Å²) in [6.07, 6.45) is 7.75. The van der Waals surface area contributed by atoms with Crippen LogP contribution in [0.1, 0.15) is 59.3 Å². The quantitative estimate of drug-likeness (QED) is 0.345. The Bertz CT molecular complexity index is 201. The van der Waals surface area contributed by atoms with Gasteiger partial charge in [-0.15, -0.1) is 10.2 Å². The Kier molecular flexibility index (Phi) is 12.1. The van der Waals surface area contributed by atoms with Crippen molar-refractivity contribution in [2.45, 2.75) is 65.3 Å². The summed E-state index contributed by atoms with van der Waals surface area (Å²) < 4.78 is 34.1. The number of unbranched alkanes of at least 4 members (excludes halogenated alkanes) is 5. The molecule has 0 radical (unpaired) electrons. The van der Waals surface area contributed by atoms with Crippen molar-refractivity contribution in [1.82, 2.24) is 0 Å². The molecule has 19 heavy (non-hydrogen) atoms. The molecule has 0 amide bonds. The molecule has 1 atom stereocenters. The fourth-order valence-electron chi connectivity index (χ4n) is 1.47. The molecule has 6 nitrogen and oxygen atoms in total. The van der Waals surface area contributed by atoms with E-state index in [9.17, 15) is 5.21 Å². The van der Waals surface area contributed by atoms with Crippen molar-refractivity contribution >= 4 is 0 Å². The zero-order chi connectivity index (χ0) is 15.5. The lowest BCUT2D eigenvalue weighted by Gasteiger charge is -2.29. The summed E-state index contributed by atoms with van der Waals surface area (Å²) in [6.45, 7) is 7.26. The fraction of sp³-hybridized carbons (Fsp3) is 1.00. The zero-order valence-corrected chi connectivity index (χ0v) is 13.2. The van der Waals surface area contributed by atoms with Crippen LogP contribution in [0.25, 0.3) is 0 Å². The molecule has 7 heteroatoms. The molecule has 0 aromatic heterocycles. The van der Waals surface area contributed by atoms with Gasteiger partial charge in [0.15, 0.2) is 0 Å². The number of quaternary nitrogens is 1. The van der Waals surface area contributed by atoms with Crippen LogP contribution in [-0.2, 0) is 0 Å². The fourth-order valence-corrected chi connectivity index (χ4v) is 1.47. The van der Waals surface area contributed by atoms with Crippen molar-refractivity contribution in [1.29, 1.82) is 0 Å². The zero-order valence-electron chi connectivity index (χ0n) is 12.4. The van der Waals surface area contributed by atoms with E-state index in [2.05, 4.69) is 20.8 Å². The molecule has 0 aliphatic heterocycles. The smallest absolute Gasteiger partial charge is 0.113 e. The predicted octanol–water partition coefficient (Wildman–Crippen LogP) is -1.16. The molecule has 0 aromatic carbocycles. The summed E-state index contributed by atoms with van der Waals surface area (Å²) in [5.41, 5.74) is 0. The van der Waals surface area contributed by atoms with Crippen molar-refractivity contribution in [2.75, 3.05) is 13.6 Å². The molecule has 0 heterocycles. The number of hydroxylamine groups is 3. The van der Waals surface area contributed by atoms with Gasteiger partial charge in [-0.2, -0.15) is 4.65 Å². The summed E-state index contributed by atoms with van der Waals surface area (Å²) in [5, 5.41) is 9.93. The largest absolute Gasteiger partial charge is 0.222 e. The van der Waals surface area contributed by atoms with E-state index in [0.29, 0.717) is 6.04 Å². The average Bonchev–Trinajstić information content (AvgIpc) is 2.20. The van der Waals surface area contributed by atoms with Gasteiger partial charge < -0.3 is 0 Å². The van der Waals surface area contributed by atoms with E-state index in [-0.39, 0.29) is 4.65 Å². The Hall–Kier alpha value is 0.0500. The third-order valence-electron chi connectivity index (χ3n) is 3.08. The molecule has 0 fully saturated rings. The van der Waals surface area contributed by atoms with Crippen LogP contribution in [0.15, 0.2) is 0 Å². The number of nitrogens with zero attached hydrogens (tertiary/aromatic N) is 1. The van der Waals surface area contributed by atoms with Gasteiger partial charge in [-0.1, -0.05) is 32.6 Å². The van der Waals surface area contributed by atoms with Gasteiger partial charge >= 0.3 is 0 Å². The van der Waals surface area contributed by atoms with Crippen LogP contribution >= 0.6 is 0 Å². The van der Waals surface area contributed by atoms with Crippen molar-refractivity contribution < 1.29 is 38.7 Å². The first-order valence-electron chi connectivity index (χ1n) is 6.70. The SMILES string of the molecule is CCCCCCCC[N+](C)(O)C(C)C.[O-][Cl+3]([O-])([O-])[O-]. The summed E-state index contributed by atoms with van der Waals surface area (Å²) in [7, 11) is -3.04. The Balaban J connectivity index is 0. The monoisotopic (exact) mass is 301 g/mol. The highest BCUT2D eigenvalue weighted by molar-refractivity contribution is 4.44. The number of hydrogen-bond donors (Lipinski definition) is 1. The van der Waals surface area contributed by atoms with Crippen LogP contribution in [0.2, 0.25) is 0 Å². The van der Waals surface area contributed by atoms with Gasteiger partial charge in [-0.25, -0.2) is 23.8 Å². The third kappa shape index (κ3) is 20.5. The van der Waals surface area contributed by atoms with Crippen LogP contribution < -0.4 is 18.6 Å². The van der Waals surface area contributed by atoms with E-state index in [0.717, 1.165) is 13.0 Å². The predicted molar refractivity (Wildman–Crippen MR) is 61.3 cm³/mol. The second-order valence-corrected chi connectivity index (χ2v) is 5.93. The Labute approximate surface area is 118 Å². The molecule has 0 aliphatic carbocycles. The first-order chi connectivity index (χ1) is 8.50. The van der Waals surface area contributed by atoms with E-state index < -0.39 is 10.2 Å². The summed E-state index contributed by atoms with van der Waals surface area (Å²) in [5.74, 6) is 0. The highest BCUT2D eigenvalue weighted by Crippen LogP contribution is 2.10. The molecule has 1 unspecified atom stereocenters. The Morgan fingerprint density at radius 2 is 1.32 bits per heavy atom. The maximum atomic E-state index is 9.93. The van der Waals surface area contributed by atoms with Gasteiger partial charge in [0, 0.05) is 0 Å². The summed E-state index contributed by atoms with van der Waals surface area (Å²) >= 11 is 0. The Morgan fingerprint density at radius 3 is 1.68 bits per heavy atom. The van der Waals surface area contributed by atoms with Crippen LogP contribution in [0.3, 0.4) is 0 Å². The minimum absolute atomic E-state index is 0.174. The van der Waals surface area contributed by atoms with Gasteiger partial charge in [0.05, 0.1) is 7.05 Å². The van der Waals surface area contributed by atoms with Crippen molar-refractivity contribution in [3.63, 3.8) is 0 Å². The molecule has 0 spiro atoms.